The van der Waals surface area contributed by atoms with Crippen LogP contribution in [0.15, 0.2) is 11.8 Å². The Kier molecular flexibility index (Phi) is 5.41. The van der Waals surface area contributed by atoms with Gasteiger partial charge < -0.3 is 5.32 Å². The molecule has 4 aliphatic carbocycles. The predicted octanol–water partition coefficient (Wildman–Crippen LogP) is 4.22. The molecular weight excluding hydrogens is 336 g/mol. The normalized spacial score (nSPS) is 43.5. The maximum Gasteiger partial charge on any atom is 0.163 e. The second kappa shape index (κ2) is 7.51. The van der Waals surface area contributed by atoms with Gasteiger partial charge in [-0.15, -0.1) is 0 Å². The van der Waals surface area contributed by atoms with E-state index in [0.29, 0.717) is 29.6 Å². The molecule has 0 aromatic rings. The average Bonchev–Trinajstić information content (AvgIpc) is 3.04. The average molecular weight is 375 g/mol. The molecule has 4 unspecified atom stereocenters. The summed E-state index contributed by atoms with van der Waals surface area (Å²) in [5, 5.41) is 3.12. The molecule has 0 bridgehead atoms. The number of carbonyl (C=O) groups excluding carboxylic acids is 1. The summed E-state index contributed by atoms with van der Waals surface area (Å²) in [4.78, 5) is 18.9. The number of hydroxylamine groups is 1. The number of hydrogen-bond acceptors (Lipinski definition) is 4. The standard InChI is InChI=1S/C23H38N2O2/c1-22-10-4-6-19(22)18-8-7-16-14-17(25-27-13-5-12-24-3)15-21(26)23(16,2)20(18)9-11-22/h15-16,18-20,24-25H,4-14H2,1-3H3/t16?,18?,19?,20?,22-,23-/m0/s1. The van der Waals surface area contributed by atoms with Crippen LogP contribution in [0.3, 0.4) is 0 Å². The van der Waals surface area contributed by atoms with Crippen molar-refractivity contribution < 1.29 is 9.63 Å². The van der Waals surface area contributed by atoms with Crippen molar-refractivity contribution in [1.29, 1.82) is 0 Å². The van der Waals surface area contributed by atoms with Crippen LogP contribution < -0.4 is 10.8 Å². The summed E-state index contributed by atoms with van der Waals surface area (Å²) in [5.41, 5.74) is 4.49. The minimum absolute atomic E-state index is 0.149. The second-order valence-electron chi connectivity index (χ2n) is 10.2. The fourth-order valence-electron chi connectivity index (χ4n) is 7.30. The van der Waals surface area contributed by atoms with Crippen molar-refractivity contribution in [1.82, 2.24) is 10.8 Å². The van der Waals surface area contributed by atoms with Crippen molar-refractivity contribution in [2.45, 2.75) is 71.6 Å². The van der Waals surface area contributed by atoms with E-state index in [1.54, 1.807) is 0 Å². The van der Waals surface area contributed by atoms with Gasteiger partial charge in [0.25, 0.3) is 0 Å². The van der Waals surface area contributed by atoms with Gasteiger partial charge in [0.05, 0.1) is 6.61 Å². The van der Waals surface area contributed by atoms with E-state index < -0.39 is 0 Å². The van der Waals surface area contributed by atoms with E-state index in [2.05, 4.69) is 24.6 Å². The fraction of sp³-hybridized carbons (Fsp3) is 0.870. The van der Waals surface area contributed by atoms with Gasteiger partial charge in [0.1, 0.15) is 0 Å². The maximum absolute atomic E-state index is 13.3. The second-order valence-corrected chi connectivity index (χ2v) is 10.2. The van der Waals surface area contributed by atoms with E-state index in [-0.39, 0.29) is 5.41 Å². The molecule has 0 spiro atoms. The molecule has 0 heterocycles. The monoisotopic (exact) mass is 374 g/mol. The van der Waals surface area contributed by atoms with Crippen LogP contribution in [0.25, 0.3) is 0 Å². The van der Waals surface area contributed by atoms with Gasteiger partial charge in [0.2, 0.25) is 0 Å². The first-order chi connectivity index (χ1) is 13.0. The molecule has 0 aromatic heterocycles. The molecule has 4 aliphatic rings. The number of hydrogen-bond donors (Lipinski definition) is 2. The largest absolute Gasteiger partial charge is 0.320 e. The van der Waals surface area contributed by atoms with E-state index in [4.69, 9.17) is 4.84 Å². The van der Waals surface area contributed by atoms with Crippen molar-refractivity contribution in [2.24, 2.45) is 34.5 Å². The van der Waals surface area contributed by atoms with E-state index in [9.17, 15) is 4.79 Å². The lowest BCUT2D eigenvalue weighted by molar-refractivity contribution is -0.146. The zero-order valence-corrected chi connectivity index (χ0v) is 17.5. The Hall–Kier alpha value is -0.870. The molecule has 2 N–H and O–H groups in total. The third-order valence-electron chi connectivity index (χ3n) is 8.86. The highest BCUT2D eigenvalue weighted by Gasteiger charge is 2.59. The molecule has 4 nitrogen and oxygen atoms in total. The van der Waals surface area contributed by atoms with E-state index in [1.165, 1.54) is 44.9 Å². The van der Waals surface area contributed by atoms with Gasteiger partial charge in [-0.05, 0) is 94.0 Å². The molecular formula is C23H38N2O2. The Morgan fingerprint density at radius 2 is 2.00 bits per heavy atom. The molecule has 0 amide bonds. The number of fused-ring (bicyclic) bond motifs is 5. The van der Waals surface area contributed by atoms with E-state index in [0.717, 1.165) is 36.9 Å². The molecule has 3 fully saturated rings. The maximum atomic E-state index is 13.3. The Morgan fingerprint density at radius 3 is 2.81 bits per heavy atom. The summed E-state index contributed by atoms with van der Waals surface area (Å²) in [6, 6.07) is 0. The summed E-state index contributed by atoms with van der Waals surface area (Å²) >= 11 is 0. The highest BCUT2D eigenvalue weighted by atomic mass is 16.6. The number of ketones is 1. The summed E-state index contributed by atoms with van der Waals surface area (Å²) in [5.74, 6) is 3.06. The van der Waals surface area contributed by atoms with Crippen molar-refractivity contribution in [2.75, 3.05) is 20.2 Å². The molecule has 6 atom stereocenters. The Balaban J connectivity index is 1.46. The van der Waals surface area contributed by atoms with Gasteiger partial charge in [0.15, 0.2) is 5.78 Å². The number of rotatable bonds is 6. The quantitative estimate of drug-likeness (QED) is 0.540. The summed E-state index contributed by atoms with van der Waals surface area (Å²) in [7, 11) is 1.95. The number of carbonyl (C=O) groups is 1. The van der Waals surface area contributed by atoms with Gasteiger partial charge in [-0.1, -0.05) is 20.3 Å². The van der Waals surface area contributed by atoms with Gasteiger partial charge in [-0.3, -0.25) is 15.1 Å². The molecule has 3 saturated carbocycles. The van der Waals surface area contributed by atoms with Crippen LogP contribution in [0.5, 0.6) is 0 Å². The van der Waals surface area contributed by atoms with Crippen LogP contribution in [-0.4, -0.2) is 26.0 Å². The molecule has 4 rings (SSSR count). The van der Waals surface area contributed by atoms with Crippen molar-refractivity contribution in [3.8, 4) is 0 Å². The predicted molar refractivity (Wildman–Crippen MR) is 108 cm³/mol. The van der Waals surface area contributed by atoms with Crippen LogP contribution in [0.1, 0.15) is 71.6 Å². The minimum atomic E-state index is -0.149. The molecule has 0 aliphatic heterocycles. The molecule has 0 saturated heterocycles. The zero-order chi connectivity index (χ0) is 19.1. The SMILES string of the molecule is CNCCCONC1=CC(=O)[C@@]2(C)C(CCC3C4CCC[C@@]4(C)CCC32)C1. The molecule has 4 heteroatoms. The molecule has 27 heavy (non-hydrogen) atoms. The first-order valence-electron chi connectivity index (χ1n) is 11.3. The third-order valence-corrected chi connectivity index (χ3v) is 8.86. The third kappa shape index (κ3) is 3.27. The fourth-order valence-corrected chi connectivity index (χ4v) is 7.30. The van der Waals surface area contributed by atoms with Crippen LogP contribution in [0.4, 0.5) is 0 Å². The minimum Gasteiger partial charge on any atom is -0.320 e. The lowest BCUT2D eigenvalue weighted by atomic mass is 9.45. The highest BCUT2D eigenvalue weighted by Crippen LogP contribution is 2.65. The van der Waals surface area contributed by atoms with Gasteiger partial charge in [-0.2, -0.15) is 0 Å². The lowest BCUT2D eigenvalue weighted by Crippen LogP contribution is -2.55. The molecule has 0 radical (unpaired) electrons. The van der Waals surface area contributed by atoms with Crippen LogP contribution in [0.2, 0.25) is 0 Å². The zero-order valence-electron chi connectivity index (χ0n) is 17.5. The Labute approximate surface area is 164 Å². The summed E-state index contributed by atoms with van der Waals surface area (Å²) < 4.78 is 0. The van der Waals surface area contributed by atoms with E-state index in [1.807, 2.05) is 13.1 Å². The lowest BCUT2D eigenvalue weighted by Gasteiger charge is -2.58. The molecule has 0 aromatic carbocycles. The Bertz CT molecular complexity index is 603. The summed E-state index contributed by atoms with van der Waals surface area (Å²) in [6.07, 6.45) is 13.1. The van der Waals surface area contributed by atoms with Gasteiger partial charge >= 0.3 is 0 Å². The smallest absolute Gasteiger partial charge is 0.163 e. The van der Waals surface area contributed by atoms with Gasteiger partial charge in [-0.25, -0.2) is 0 Å². The van der Waals surface area contributed by atoms with Crippen LogP contribution in [-0.2, 0) is 9.63 Å². The molecule has 152 valence electrons. The summed E-state index contributed by atoms with van der Waals surface area (Å²) in [6.45, 7) is 6.45. The van der Waals surface area contributed by atoms with Crippen molar-refractivity contribution in [3.05, 3.63) is 11.8 Å². The highest BCUT2D eigenvalue weighted by molar-refractivity contribution is 5.96. The topological polar surface area (TPSA) is 50.4 Å². The van der Waals surface area contributed by atoms with Crippen molar-refractivity contribution in [3.63, 3.8) is 0 Å². The Morgan fingerprint density at radius 1 is 1.15 bits per heavy atom. The van der Waals surface area contributed by atoms with Crippen molar-refractivity contribution >= 4 is 5.78 Å². The number of allylic oxidation sites excluding steroid dienone is 2. The number of nitrogens with one attached hydrogen (secondary N) is 2. The first kappa shape index (κ1) is 19.4. The van der Waals surface area contributed by atoms with Crippen LogP contribution in [0, 0.1) is 34.5 Å². The van der Waals surface area contributed by atoms with Gasteiger partial charge in [0, 0.05) is 17.2 Å². The van der Waals surface area contributed by atoms with E-state index >= 15 is 0 Å². The van der Waals surface area contributed by atoms with Crippen LogP contribution >= 0.6 is 0 Å². The first-order valence-corrected chi connectivity index (χ1v) is 11.3.